The molecule has 0 aromatic heterocycles. The second-order valence-corrected chi connectivity index (χ2v) is 7.55. The minimum Gasteiger partial charge on any atom is -0.354 e. The van der Waals surface area contributed by atoms with Gasteiger partial charge in [0.25, 0.3) is 5.91 Å². The van der Waals surface area contributed by atoms with E-state index in [-0.39, 0.29) is 23.4 Å². The highest BCUT2D eigenvalue weighted by Gasteiger charge is 2.43. The van der Waals surface area contributed by atoms with Gasteiger partial charge in [0, 0.05) is 11.2 Å². The number of carbonyl (C=O) groups is 1. The van der Waals surface area contributed by atoms with E-state index in [2.05, 4.69) is 70.1 Å². The molecule has 0 aliphatic carbocycles. The summed E-state index contributed by atoms with van der Waals surface area (Å²) in [4.78, 5) is 14.7. The number of hydrazine groups is 1. The van der Waals surface area contributed by atoms with E-state index in [1.54, 1.807) is 0 Å². The molecule has 1 aromatic carbocycles. The van der Waals surface area contributed by atoms with Crippen LogP contribution in [0.1, 0.15) is 58.1 Å². The van der Waals surface area contributed by atoms with E-state index in [1.165, 1.54) is 16.8 Å². The number of amides is 1. The van der Waals surface area contributed by atoms with Crippen LogP contribution in [0.2, 0.25) is 0 Å². The zero-order valence-corrected chi connectivity index (χ0v) is 14.6. The van der Waals surface area contributed by atoms with Crippen LogP contribution in [0, 0.1) is 12.8 Å². The van der Waals surface area contributed by atoms with E-state index in [4.69, 9.17) is 5.84 Å². The van der Waals surface area contributed by atoms with Crippen molar-refractivity contribution >= 4 is 11.6 Å². The predicted molar refractivity (Wildman–Crippen MR) is 91.7 cm³/mol. The first-order valence-corrected chi connectivity index (χ1v) is 8.09. The van der Waals surface area contributed by atoms with Gasteiger partial charge in [-0.05, 0) is 56.2 Å². The van der Waals surface area contributed by atoms with Gasteiger partial charge in [0.1, 0.15) is 6.04 Å². The first kappa shape index (κ1) is 16.8. The molecule has 0 spiro atoms. The Labute approximate surface area is 134 Å². The van der Waals surface area contributed by atoms with E-state index in [0.29, 0.717) is 5.92 Å². The highest BCUT2D eigenvalue weighted by atomic mass is 16.2. The molecule has 22 heavy (non-hydrogen) atoms. The Morgan fingerprint density at radius 3 is 2.59 bits per heavy atom. The molecule has 1 aliphatic rings. The van der Waals surface area contributed by atoms with Crippen molar-refractivity contribution in [2.75, 3.05) is 4.90 Å². The number of hydrogen-bond acceptors (Lipinski definition) is 3. The van der Waals surface area contributed by atoms with Crippen molar-refractivity contribution in [3.8, 4) is 0 Å². The molecule has 0 saturated carbocycles. The predicted octanol–water partition coefficient (Wildman–Crippen LogP) is 3.10. The summed E-state index contributed by atoms with van der Waals surface area (Å²) >= 11 is 0. The van der Waals surface area contributed by atoms with Gasteiger partial charge < -0.3 is 4.90 Å². The number of aryl methyl sites for hydroxylation is 1. The maximum atomic E-state index is 12.4. The van der Waals surface area contributed by atoms with Gasteiger partial charge in [-0.15, -0.1) is 0 Å². The van der Waals surface area contributed by atoms with E-state index in [9.17, 15) is 4.79 Å². The standard InChI is InChI=1S/C18H29N3O/c1-11(2)16(17(22)20-19)21-15-9-12(3)7-8-14(15)13(4)10-18(21,5)6/h7-9,11,13,16H,10,19H2,1-6H3,(H,20,22)/t13-,16+/m0/s1. The smallest absolute Gasteiger partial charge is 0.256 e. The average molecular weight is 303 g/mol. The van der Waals surface area contributed by atoms with Gasteiger partial charge in [0.2, 0.25) is 0 Å². The molecule has 4 heteroatoms. The van der Waals surface area contributed by atoms with E-state index >= 15 is 0 Å². The maximum absolute atomic E-state index is 12.4. The van der Waals surface area contributed by atoms with Crippen molar-refractivity contribution in [2.24, 2.45) is 11.8 Å². The Morgan fingerprint density at radius 1 is 1.41 bits per heavy atom. The molecule has 1 aliphatic heterocycles. The van der Waals surface area contributed by atoms with E-state index in [0.717, 1.165) is 6.42 Å². The monoisotopic (exact) mass is 303 g/mol. The minimum atomic E-state index is -0.270. The number of nitrogens with zero attached hydrogens (tertiary/aromatic N) is 1. The third-order valence-electron chi connectivity index (χ3n) is 4.75. The maximum Gasteiger partial charge on any atom is 0.256 e. The Hall–Kier alpha value is -1.55. The number of hydrogen-bond donors (Lipinski definition) is 2. The van der Waals surface area contributed by atoms with Gasteiger partial charge in [0.15, 0.2) is 0 Å². The van der Waals surface area contributed by atoms with Gasteiger partial charge in [-0.2, -0.15) is 0 Å². The lowest BCUT2D eigenvalue weighted by atomic mass is 9.77. The zero-order chi connectivity index (χ0) is 16.7. The molecular weight excluding hydrogens is 274 g/mol. The Balaban J connectivity index is 2.63. The second kappa shape index (κ2) is 5.92. The summed E-state index contributed by atoms with van der Waals surface area (Å²) in [5.74, 6) is 5.99. The molecule has 1 amide bonds. The van der Waals surface area contributed by atoms with Crippen LogP contribution in [0.25, 0.3) is 0 Å². The molecule has 3 N–H and O–H groups in total. The lowest BCUT2D eigenvalue weighted by Gasteiger charge is -2.51. The summed E-state index contributed by atoms with van der Waals surface area (Å²) < 4.78 is 0. The van der Waals surface area contributed by atoms with Crippen molar-refractivity contribution in [1.29, 1.82) is 0 Å². The number of carbonyl (C=O) groups excluding carboxylic acids is 1. The Kier molecular flexibility index (Phi) is 4.52. The molecule has 0 bridgehead atoms. The van der Waals surface area contributed by atoms with Crippen molar-refractivity contribution in [3.63, 3.8) is 0 Å². The van der Waals surface area contributed by atoms with E-state index < -0.39 is 0 Å². The number of nitrogens with one attached hydrogen (secondary N) is 1. The first-order chi connectivity index (χ1) is 10.2. The van der Waals surface area contributed by atoms with Crippen LogP contribution < -0.4 is 16.2 Å². The van der Waals surface area contributed by atoms with Gasteiger partial charge in [-0.3, -0.25) is 10.2 Å². The SMILES string of the molecule is Cc1ccc2c(c1)N([C@@H](C(=O)NN)C(C)C)C(C)(C)C[C@@H]2C. The fourth-order valence-corrected chi connectivity index (χ4v) is 3.89. The fourth-order valence-electron chi connectivity index (χ4n) is 3.89. The van der Waals surface area contributed by atoms with Crippen LogP contribution in [-0.4, -0.2) is 17.5 Å². The second-order valence-electron chi connectivity index (χ2n) is 7.55. The van der Waals surface area contributed by atoms with Crippen LogP contribution in [0.5, 0.6) is 0 Å². The summed E-state index contributed by atoms with van der Waals surface area (Å²) in [5.41, 5.74) is 5.97. The van der Waals surface area contributed by atoms with Crippen LogP contribution >= 0.6 is 0 Å². The third-order valence-corrected chi connectivity index (χ3v) is 4.75. The molecule has 1 aromatic rings. The first-order valence-electron chi connectivity index (χ1n) is 8.09. The lowest BCUT2D eigenvalue weighted by molar-refractivity contribution is -0.123. The molecule has 4 nitrogen and oxygen atoms in total. The van der Waals surface area contributed by atoms with Gasteiger partial charge >= 0.3 is 0 Å². The molecule has 2 atom stereocenters. The quantitative estimate of drug-likeness (QED) is 0.512. The van der Waals surface area contributed by atoms with Crippen molar-refractivity contribution in [1.82, 2.24) is 5.43 Å². The number of nitrogens with two attached hydrogens (primary N) is 1. The normalized spacial score (nSPS) is 21.5. The molecule has 0 radical (unpaired) electrons. The van der Waals surface area contributed by atoms with Gasteiger partial charge in [-0.1, -0.05) is 32.9 Å². The zero-order valence-electron chi connectivity index (χ0n) is 14.6. The fraction of sp³-hybridized carbons (Fsp3) is 0.611. The summed E-state index contributed by atoms with van der Waals surface area (Å²) in [6.45, 7) is 12.9. The largest absolute Gasteiger partial charge is 0.354 e. The molecule has 0 saturated heterocycles. The van der Waals surface area contributed by atoms with Crippen molar-refractivity contribution in [2.45, 2.75) is 65.5 Å². The topological polar surface area (TPSA) is 58.4 Å². The van der Waals surface area contributed by atoms with Crippen molar-refractivity contribution in [3.05, 3.63) is 29.3 Å². The number of fused-ring (bicyclic) bond motifs is 1. The highest BCUT2D eigenvalue weighted by molar-refractivity contribution is 5.86. The number of rotatable bonds is 3. The van der Waals surface area contributed by atoms with Crippen LogP contribution in [-0.2, 0) is 4.79 Å². The van der Waals surface area contributed by atoms with E-state index in [1.807, 2.05) is 0 Å². The average Bonchev–Trinajstić information content (AvgIpc) is 2.41. The van der Waals surface area contributed by atoms with Crippen molar-refractivity contribution < 1.29 is 4.79 Å². The highest BCUT2D eigenvalue weighted by Crippen LogP contribution is 2.45. The minimum absolute atomic E-state index is 0.0956. The van der Waals surface area contributed by atoms with Gasteiger partial charge in [0.05, 0.1) is 0 Å². The molecule has 2 rings (SSSR count). The number of benzene rings is 1. The molecule has 0 unspecified atom stereocenters. The summed E-state index contributed by atoms with van der Waals surface area (Å²) in [5, 5.41) is 0. The third kappa shape index (κ3) is 2.84. The Bertz CT molecular complexity index is 565. The Morgan fingerprint density at radius 2 is 2.05 bits per heavy atom. The van der Waals surface area contributed by atoms with Gasteiger partial charge in [-0.25, -0.2) is 5.84 Å². The summed E-state index contributed by atoms with van der Waals surface area (Å²) in [6, 6.07) is 6.29. The molecule has 1 heterocycles. The summed E-state index contributed by atoms with van der Waals surface area (Å²) in [6.07, 6.45) is 1.02. The number of anilines is 1. The lowest BCUT2D eigenvalue weighted by Crippen LogP contribution is -2.61. The molecule has 0 fully saturated rings. The van der Waals surface area contributed by atoms with Crippen LogP contribution in [0.15, 0.2) is 18.2 Å². The molecule has 122 valence electrons. The molecular formula is C18H29N3O. The van der Waals surface area contributed by atoms with Crippen LogP contribution in [0.3, 0.4) is 0 Å². The van der Waals surface area contributed by atoms with Crippen LogP contribution in [0.4, 0.5) is 5.69 Å². The summed E-state index contributed by atoms with van der Waals surface area (Å²) in [7, 11) is 0.